The predicted octanol–water partition coefficient (Wildman–Crippen LogP) is 4.13. The first kappa shape index (κ1) is 17.1. The van der Waals surface area contributed by atoms with E-state index in [1.165, 1.54) is 12.1 Å². The molecule has 0 atom stereocenters. The van der Waals surface area contributed by atoms with Crippen LogP contribution in [0.5, 0.6) is 0 Å². The minimum absolute atomic E-state index is 0.00205. The Balaban J connectivity index is 1.91. The highest BCUT2D eigenvalue weighted by Gasteiger charge is 2.15. The van der Waals surface area contributed by atoms with Crippen LogP contribution < -0.4 is 5.32 Å². The molecule has 0 unspecified atom stereocenters. The topological polar surface area (TPSA) is 71.5 Å². The SMILES string of the molecule is CNc1cc(-c2ccc(C#N)c(F)c2)n(-c2ccc3nn(C)c(Cl)c3c2)n1. The van der Waals surface area contributed by atoms with Gasteiger partial charge in [0.25, 0.3) is 0 Å². The van der Waals surface area contributed by atoms with Gasteiger partial charge in [0.05, 0.1) is 22.5 Å². The van der Waals surface area contributed by atoms with Crippen LogP contribution in [0.15, 0.2) is 42.5 Å². The van der Waals surface area contributed by atoms with Crippen LogP contribution in [0, 0.1) is 17.1 Å². The zero-order valence-electron chi connectivity index (χ0n) is 14.5. The molecule has 2 aromatic carbocycles. The molecule has 8 heteroatoms. The van der Waals surface area contributed by atoms with Crippen molar-refractivity contribution in [2.45, 2.75) is 0 Å². The highest BCUT2D eigenvalue weighted by atomic mass is 35.5. The molecule has 6 nitrogen and oxygen atoms in total. The number of aromatic nitrogens is 4. The summed E-state index contributed by atoms with van der Waals surface area (Å²) in [6.45, 7) is 0. The van der Waals surface area contributed by atoms with Crippen molar-refractivity contribution in [3.63, 3.8) is 0 Å². The standard InChI is InChI=1S/C19H14ClFN6/c1-23-18-9-17(11-3-4-12(10-22)15(21)7-11)27(25-18)13-5-6-16-14(8-13)19(20)26(2)24-16/h3-9H,1-2H3,(H,23,25). The Bertz CT molecular complexity index is 1220. The van der Waals surface area contributed by atoms with Crippen LogP contribution in [0.1, 0.15) is 5.56 Å². The molecule has 0 saturated carbocycles. The summed E-state index contributed by atoms with van der Waals surface area (Å²) in [6.07, 6.45) is 0. The molecule has 0 bridgehead atoms. The van der Waals surface area contributed by atoms with Crippen LogP contribution in [-0.2, 0) is 7.05 Å². The molecule has 0 saturated heterocycles. The van der Waals surface area contributed by atoms with Gasteiger partial charge >= 0.3 is 0 Å². The summed E-state index contributed by atoms with van der Waals surface area (Å²) < 4.78 is 17.4. The van der Waals surface area contributed by atoms with Gasteiger partial charge in [0, 0.05) is 31.1 Å². The summed E-state index contributed by atoms with van der Waals surface area (Å²) in [5.41, 5.74) is 2.83. The number of halogens is 2. The molecule has 0 fully saturated rings. The number of anilines is 1. The van der Waals surface area contributed by atoms with Gasteiger partial charge in [-0.15, -0.1) is 5.10 Å². The smallest absolute Gasteiger partial charge is 0.148 e. The van der Waals surface area contributed by atoms with E-state index in [0.717, 1.165) is 16.6 Å². The largest absolute Gasteiger partial charge is 0.372 e. The molecule has 0 aliphatic heterocycles. The van der Waals surface area contributed by atoms with Gasteiger partial charge in [-0.1, -0.05) is 17.7 Å². The van der Waals surface area contributed by atoms with Crippen LogP contribution in [-0.4, -0.2) is 26.6 Å². The van der Waals surface area contributed by atoms with Crippen molar-refractivity contribution in [1.29, 1.82) is 5.26 Å². The van der Waals surface area contributed by atoms with Gasteiger partial charge in [-0.05, 0) is 30.3 Å². The fraction of sp³-hybridized carbons (Fsp3) is 0.105. The maximum atomic E-state index is 14.1. The molecule has 134 valence electrons. The molecule has 0 spiro atoms. The van der Waals surface area contributed by atoms with E-state index < -0.39 is 5.82 Å². The Morgan fingerprint density at radius 2 is 1.96 bits per heavy atom. The van der Waals surface area contributed by atoms with Gasteiger partial charge in [0.2, 0.25) is 0 Å². The van der Waals surface area contributed by atoms with Crippen LogP contribution >= 0.6 is 11.6 Å². The molecule has 4 aromatic rings. The Morgan fingerprint density at radius 1 is 1.15 bits per heavy atom. The second-order valence-electron chi connectivity index (χ2n) is 6.00. The number of hydrogen-bond acceptors (Lipinski definition) is 4. The van der Waals surface area contributed by atoms with Crippen molar-refractivity contribution in [1.82, 2.24) is 19.6 Å². The van der Waals surface area contributed by atoms with E-state index in [9.17, 15) is 4.39 Å². The molecular weight excluding hydrogens is 367 g/mol. The van der Waals surface area contributed by atoms with E-state index in [-0.39, 0.29) is 5.56 Å². The fourth-order valence-electron chi connectivity index (χ4n) is 2.96. The number of aryl methyl sites for hydroxylation is 1. The third kappa shape index (κ3) is 2.80. The molecule has 2 heterocycles. The Hall–Kier alpha value is -3.37. The summed E-state index contributed by atoms with van der Waals surface area (Å²) >= 11 is 6.32. The van der Waals surface area contributed by atoms with Crippen molar-refractivity contribution >= 4 is 28.3 Å². The Kier molecular flexibility index (Phi) is 4.05. The molecule has 2 aromatic heterocycles. The van der Waals surface area contributed by atoms with Crippen molar-refractivity contribution in [3.8, 4) is 23.0 Å². The van der Waals surface area contributed by atoms with Gasteiger partial charge in [0.15, 0.2) is 0 Å². The van der Waals surface area contributed by atoms with Gasteiger partial charge < -0.3 is 5.32 Å². The van der Waals surface area contributed by atoms with Crippen molar-refractivity contribution in [2.24, 2.45) is 7.05 Å². The monoisotopic (exact) mass is 380 g/mol. The van der Waals surface area contributed by atoms with E-state index in [0.29, 0.717) is 22.2 Å². The first-order valence-corrected chi connectivity index (χ1v) is 8.50. The van der Waals surface area contributed by atoms with Crippen LogP contribution in [0.3, 0.4) is 0 Å². The summed E-state index contributed by atoms with van der Waals surface area (Å²) in [6, 6.07) is 13.8. The van der Waals surface area contributed by atoms with E-state index in [4.69, 9.17) is 16.9 Å². The minimum atomic E-state index is -0.570. The molecule has 4 rings (SSSR count). The molecular formula is C19H14ClFN6. The van der Waals surface area contributed by atoms with E-state index in [1.54, 1.807) is 29.5 Å². The minimum Gasteiger partial charge on any atom is -0.372 e. The predicted molar refractivity (Wildman–Crippen MR) is 103 cm³/mol. The summed E-state index contributed by atoms with van der Waals surface area (Å²) in [5, 5.41) is 22.2. The van der Waals surface area contributed by atoms with Gasteiger partial charge in [0.1, 0.15) is 22.9 Å². The number of nitriles is 1. The maximum Gasteiger partial charge on any atom is 0.148 e. The molecule has 1 N–H and O–H groups in total. The fourth-order valence-corrected chi connectivity index (χ4v) is 3.15. The molecule has 0 amide bonds. The average Bonchev–Trinajstić information content (AvgIpc) is 3.23. The number of nitrogens with zero attached hydrogens (tertiary/aromatic N) is 5. The van der Waals surface area contributed by atoms with Gasteiger partial charge in [-0.3, -0.25) is 4.68 Å². The lowest BCUT2D eigenvalue weighted by molar-refractivity contribution is 0.624. The summed E-state index contributed by atoms with van der Waals surface area (Å²) in [5.74, 6) is 0.0617. The lowest BCUT2D eigenvalue weighted by atomic mass is 10.1. The van der Waals surface area contributed by atoms with Gasteiger partial charge in [-0.2, -0.15) is 10.4 Å². The van der Waals surface area contributed by atoms with Crippen molar-refractivity contribution < 1.29 is 4.39 Å². The third-order valence-corrected chi connectivity index (χ3v) is 4.79. The van der Waals surface area contributed by atoms with E-state index >= 15 is 0 Å². The highest BCUT2D eigenvalue weighted by molar-refractivity contribution is 6.34. The zero-order valence-corrected chi connectivity index (χ0v) is 15.3. The highest BCUT2D eigenvalue weighted by Crippen LogP contribution is 2.30. The van der Waals surface area contributed by atoms with Crippen molar-refractivity contribution in [3.05, 3.63) is 59.0 Å². The van der Waals surface area contributed by atoms with Crippen molar-refractivity contribution in [2.75, 3.05) is 12.4 Å². The number of hydrogen-bond donors (Lipinski definition) is 1. The van der Waals surface area contributed by atoms with E-state index in [2.05, 4.69) is 15.5 Å². The number of benzene rings is 2. The third-order valence-electron chi connectivity index (χ3n) is 4.34. The number of nitrogens with one attached hydrogen (secondary N) is 1. The zero-order chi connectivity index (χ0) is 19.1. The van der Waals surface area contributed by atoms with Crippen LogP contribution in [0.2, 0.25) is 5.15 Å². The Morgan fingerprint density at radius 3 is 2.67 bits per heavy atom. The first-order valence-electron chi connectivity index (χ1n) is 8.12. The molecule has 27 heavy (non-hydrogen) atoms. The molecule has 0 radical (unpaired) electrons. The summed E-state index contributed by atoms with van der Waals surface area (Å²) in [7, 11) is 3.54. The quantitative estimate of drug-likeness (QED) is 0.580. The summed E-state index contributed by atoms with van der Waals surface area (Å²) in [4.78, 5) is 0. The normalized spacial score (nSPS) is 10.9. The lowest BCUT2D eigenvalue weighted by Gasteiger charge is -2.08. The second kappa shape index (κ2) is 6.41. The van der Waals surface area contributed by atoms with Crippen LogP contribution in [0.4, 0.5) is 10.2 Å². The first-order chi connectivity index (χ1) is 13.0. The lowest BCUT2D eigenvalue weighted by Crippen LogP contribution is -2.00. The molecule has 0 aliphatic carbocycles. The maximum absolute atomic E-state index is 14.1. The van der Waals surface area contributed by atoms with E-state index in [1.807, 2.05) is 30.3 Å². The Labute approximate surface area is 159 Å². The number of fused-ring (bicyclic) bond motifs is 1. The average molecular weight is 381 g/mol. The number of rotatable bonds is 3. The second-order valence-corrected chi connectivity index (χ2v) is 6.36. The molecule has 0 aliphatic rings. The van der Waals surface area contributed by atoms with Crippen LogP contribution in [0.25, 0.3) is 27.8 Å². The van der Waals surface area contributed by atoms with Gasteiger partial charge in [-0.25, -0.2) is 9.07 Å².